The average molecular weight is 313 g/mol. The third-order valence-corrected chi connectivity index (χ3v) is 4.09. The van der Waals surface area contributed by atoms with Gasteiger partial charge in [0, 0.05) is 12.2 Å². The molecule has 0 aliphatic heterocycles. The van der Waals surface area contributed by atoms with Crippen LogP contribution in [0.3, 0.4) is 0 Å². The van der Waals surface area contributed by atoms with Crippen LogP contribution in [0.25, 0.3) is 11.2 Å². The Morgan fingerprint density at radius 3 is 2.95 bits per heavy atom. The van der Waals surface area contributed by atoms with Crippen LogP contribution in [0.4, 0.5) is 0 Å². The van der Waals surface area contributed by atoms with Crippen molar-refractivity contribution in [1.82, 2.24) is 20.3 Å². The number of aromatic nitrogens is 3. The van der Waals surface area contributed by atoms with Crippen LogP contribution in [0.2, 0.25) is 5.02 Å². The van der Waals surface area contributed by atoms with Crippen LogP contribution in [0.1, 0.15) is 20.8 Å². The quantitative estimate of drug-likeness (QED) is 0.833. The zero-order valence-electron chi connectivity index (χ0n) is 11.6. The predicted octanol–water partition coefficient (Wildman–Crippen LogP) is 2.86. The number of rotatable bonds is 5. The van der Waals surface area contributed by atoms with Gasteiger partial charge in [0.25, 0.3) is 0 Å². The second kappa shape index (κ2) is 6.45. The van der Waals surface area contributed by atoms with Gasteiger partial charge in [-0.2, -0.15) is 0 Å². The summed E-state index contributed by atoms with van der Waals surface area (Å²) in [6.45, 7) is 6.15. The van der Waals surface area contributed by atoms with E-state index in [0.29, 0.717) is 27.5 Å². The van der Waals surface area contributed by atoms with Gasteiger partial charge < -0.3 is 10.3 Å². The van der Waals surface area contributed by atoms with Crippen molar-refractivity contribution in [2.24, 2.45) is 5.92 Å². The van der Waals surface area contributed by atoms with Gasteiger partial charge in [-0.15, -0.1) is 0 Å². The third-order valence-electron chi connectivity index (χ3n) is 3.01. The van der Waals surface area contributed by atoms with Crippen LogP contribution >= 0.6 is 23.4 Å². The molecule has 0 unspecified atom stereocenters. The molecule has 0 saturated carbocycles. The zero-order chi connectivity index (χ0) is 14.7. The topological polar surface area (TPSA) is 70.7 Å². The Balaban J connectivity index is 1.94. The molecule has 0 aromatic carbocycles. The molecule has 2 aromatic rings. The second-order valence-corrected chi connectivity index (χ2v) is 6.36. The molecule has 7 heteroatoms. The molecular formula is C13H17ClN4OS. The number of fused-ring (bicyclic) bond motifs is 1. The lowest BCUT2D eigenvalue weighted by Crippen LogP contribution is -2.37. The summed E-state index contributed by atoms with van der Waals surface area (Å²) in [6.07, 6.45) is 1.55. The van der Waals surface area contributed by atoms with Gasteiger partial charge in [-0.25, -0.2) is 9.97 Å². The average Bonchev–Trinajstić information content (AvgIpc) is 2.78. The highest BCUT2D eigenvalue weighted by molar-refractivity contribution is 7.99. The van der Waals surface area contributed by atoms with Gasteiger partial charge in [0.1, 0.15) is 0 Å². The number of nitrogens with one attached hydrogen (secondary N) is 2. The maximum absolute atomic E-state index is 11.8. The summed E-state index contributed by atoms with van der Waals surface area (Å²) >= 11 is 7.21. The maximum Gasteiger partial charge on any atom is 0.230 e. The number of carbonyl (C=O) groups excluding carboxylic acids is 1. The number of halogens is 1. The molecular weight excluding hydrogens is 296 g/mol. The lowest BCUT2D eigenvalue weighted by molar-refractivity contribution is -0.119. The van der Waals surface area contributed by atoms with Crippen molar-refractivity contribution in [3.63, 3.8) is 0 Å². The number of hydrogen-bond acceptors (Lipinski definition) is 4. The van der Waals surface area contributed by atoms with Crippen molar-refractivity contribution in [2.75, 3.05) is 5.75 Å². The first-order valence-corrected chi connectivity index (χ1v) is 7.75. The highest BCUT2D eigenvalue weighted by atomic mass is 35.5. The number of H-pyrrole nitrogens is 1. The monoisotopic (exact) mass is 312 g/mol. The molecule has 0 spiro atoms. The first-order chi connectivity index (χ1) is 9.45. The summed E-state index contributed by atoms with van der Waals surface area (Å²) in [5, 5.41) is 4.18. The summed E-state index contributed by atoms with van der Waals surface area (Å²) in [5.41, 5.74) is 1.38. The van der Waals surface area contributed by atoms with Crippen LogP contribution in [0, 0.1) is 5.92 Å². The Morgan fingerprint density at radius 2 is 2.25 bits per heavy atom. The second-order valence-electron chi connectivity index (χ2n) is 4.96. The van der Waals surface area contributed by atoms with Gasteiger partial charge in [-0.3, -0.25) is 4.79 Å². The lowest BCUT2D eigenvalue weighted by Gasteiger charge is -2.16. The zero-order valence-corrected chi connectivity index (χ0v) is 13.2. The number of aromatic amines is 1. The summed E-state index contributed by atoms with van der Waals surface area (Å²) in [4.78, 5) is 23.3. The Hall–Kier alpha value is -1.27. The minimum Gasteiger partial charge on any atom is -0.353 e. The maximum atomic E-state index is 11.8. The Bertz CT molecular complexity index is 613. The molecule has 108 valence electrons. The van der Waals surface area contributed by atoms with E-state index in [1.54, 1.807) is 12.3 Å². The van der Waals surface area contributed by atoms with Crippen molar-refractivity contribution >= 4 is 40.4 Å². The molecule has 1 amide bonds. The van der Waals surface area contributed by atoms with Gasteiger partial charge >= 0.3 is 0 Å². The van der Waals surface area contributed by atoms with E-state index >= 15 is 0 Å². The van der Waals surface area contributed by atoms with E-state index in [4.69, 9.17) is 11.6 Å². The molecule has 2 rings (SSSR count). The van der Waals surface area contributed by atoms with Gasteiger partial charge in [0.05, 0.1) is 16.3 Å². The number of hydrogen-bond donors (Lipinski definition) is 2. The largest absolute Gasteiger partial charge is 0.353 e. The Morgan fingerprint density at radius 1 is 1.50 bits per heavy atom. The van der Waals surface area contributed by atoms with Gasteiger partial charge in [0.2, 0.25) is 5.91 Å². The van der Waals surface area contributed by atoms with Gasteiger partial charge in [0.15, 0.2) is 10.8 Å². The van der Waals surface area contributed by atoms with Gasteiger partial charge in [-0.05, 0) is 18.9 Å². The summed E-state index contributed by atoms with van der Waals surface area (Å²) in [7, 11) is 0. The number of amides is 1. The Kier molecular flexibility index (Phi) is 4.88. The van der Waals surface area contributed by atoms with E-state index in [1.165, 1.54) is 11.8 Å². The molecule has 2 aromatic heterocycles. The highest BCUT2D eigenvalue weighted by Gasteiger charge is 2.12. The molecule has 1 atom stereocenters. The molecule has 0 aliphatic rings. The van der Waals surface area contributed by atoms with E-state index in [0.717, 1.165) is 5.52 Å². The van der Waals surface area contributed by atoms with Crippen molar-refractivity contribution in [3.8, 4) is 0 Å². The smallest absolute Gasteiger partial charge is 0.230 e. The molecule has 0 saturated heterocycles. The molecule has 20 heavy (non-hydrogen) atoms. The molecule has 0 fully saturated rings. The summed E-state index contributed by atoms with van der Waals surface area (Å²) in [6, 6.07) is 1.93. The minimum atomic E-state index is 0.00245. The minimum absolute atomic E-state index is 0.00245. The molecule has 2 heterocycles. The summed E-state index contributed by atoms with van der Waals surface area (Å²) in [5.74, 6) is 0.745. The van der Waals surface area contributed by atoms with E-state index in [-0.39, 0.29) is 11.9 Å². The highest BCUT2D eigenvalue weighted by Crippen LogP contribution is 2.20. The molecule has 5 nitrogen and oxygen atoms in total. The van der Waals surface area contributed by atoms with Crippen LogP contribution in [-0.2, 0) is 4.79 Å². The van der Waals surface area contributed by atoms with Crippen LogP contribution < -0.4 is 5.32 Å². The summed E-state index contributed by atoms with van der Waals surface area (Å²) < 4.78 is 0. The first-order valence-electron chi connectivity index (χ1n) is 6.39. The van der Waals surface area contributed by atoms with Crippen LogP contribution in [-0.4, -0.2) is 32.7 Å². The van der Waals surface area contributed by atoms with Crippen molar-refractivity contribution in [2.45, 2.75) is 32.0 Å². The van der Waals surface area contributed by atoms with Crippen molar-refractivity contribution < 1.29 is 4.79 Å². The molecule has 0 bridgehead atoms. The predicted molar refractivity (Wildman–Crippen MR) is 82.1 cm³/mol. The van der Waals surface area contributed by atoms with Crippen molar-refractivity contribution in [1.29, 1.82) is 0 Å². The normalized spacial score (nSPS) is 12.8. The Labute approximate surface area is 126 Å². The fourth-order valence-corrected chi connectivity index (χ4v) is 2.36. The number of carbonyl (C=O) groups is 1. The SMILES string of the molecule is CC(C)[C@H](C)NC(=O)CSc1nc2ncc(Cl)cc2[nH]1. The van der Waals surface area contributed by atoms with Crippen molar-refractivity contribution in [3.05, 3.63) is 17.3 Å². The number of pyridine rings is 1. The molecule has 0 radical (unpaired) electrons. The van der Waals surface area contributed by atoms with E-state index < -0.39 is 0 Å². The van der Waals surface area contributed by atoms with Gasteiger partial charge in [-0.1, -0.05) is 37.2 Å². The third kappa shape index (κ3) is 3.86. The van der Waals surface area contributed by atoms with E-state index in [9.17, 15) is 4.79 Å². The van der Waals surface area contributed by atoms with E-state index in [2.05, 4.69) is 34.1 Å². The molecule has 0 aliphatic carbocycles. The lowest BCUT2D eigenvalue weighted by atomic mass is 10.1. The van der Waals surface area contributed by atoms with E-state index in [1.807, 2.05) is 6.92 Å². The number of thioether (sulfide) groups is 1. The number of nitrogens with zero attached hydrogens (tertiary/aromatic N) is 2. The standard InChI is InChI=1S/C13H17ClN4OS/c1-7(2)8(3)16-11(19)6-20-13-17-10-4-9(14)5-15-12(10)18-13/h4-5,7-8H,6H2,1-3H3,(H,16,19)(H,15,17,18)/t8-/m0/s1. The van der Waals surface area contributed by atoms with Crippen LogP contribution in [0.5, 0.6) is 0 Å². The fourth-order valence-electron chi connectivity index (χ4n) is 1.52. The first kappa shape index (κ1) is 15.1. The fraction of sp³-hybridized carbons (Fsp3) is 0.462. The van der Waals surface area contributed by atoms with Crippen LogP contribution in [0.15, 0.2) is 17.4 Å². The number of imidazole rings is 1. The molecule has 2 N–H and O–H groups in total.